The fraction of sp³-hybridized carbons (Fsp3) is 0.786. The smallest absolute Gasteiger partial charge is 0.190 e. The van der Waals surface area contributed by atoms with Gasteiger partial charge in [-0.1, -0.05) is 19.3 Å². The summed E-state index contributed by atoms with van der Waals surface area (Å²) in [4.78, 5) is 12.4. The molecule has 2 rings (SSSR count). The van der Waals surface area contributed by atoms with Crippen molar-refractivity contribution in [3.05, 3.63) is 11.8 Å². The van der Waals surface area contributed by atoms with E-state index in [4.69, 9.17) is 9.47 Å². The Morgan fingerprint density at radius 3 is 2.71 bits per heavy atom. The van der Waals surface area contributed by atoms with Crippen LogP contribution in [-0.4, -0.2) is 25.6 Å². The zero-order chi connectivity index (χ0) is 12.1. The zero-order valence-electron chi connectivity index (χ0n) is 10.6. The fourth-order valence-electron chi connectivity index (χ4n) is 2.88. The molecule has 1 atom stereocenters. The highest BCUT2D eigenvalue weighted by molar-refractivity contribution is 5.98. The molecule has 1 heterocycles. The lowest BCUT2D eigenvalue weighted by Crippen LogP contribution is -2.34. The van der Waals surface area contributed by atoms with Crippen LogP contribution in [0.5, 0.6) is 0 Å². The van der Waals surface area contributed by atoms with E-state index in [-0.39, 0.29) is 11.9 Å². The van der Waals surface area contributed by atoms with Crippen LogP contribution in [-0.2, 0) is 14.3 Å². The minimum Gasteiger partial charge on any atom is -0.501 e. The third-order valence-corrected chi connectivity index (χ3v) is 3.84. The first-order chi connectivity index (χ1) is 8.33. The van der Waals surface area contributed by atoms with Gasteiger partial charge in [0.15, 0.2) is 5.78 Å². The van der Waals surface area contributed by atoms with Crippen molar-refractivity contribution >= 4 is 5.78 Å². The first-order valence-corrected chi connectivity index (χ1v) is 6.70. The molecule has 0 bridgehead atoms. The van der Waals surface area contributed by atoms with Gasteiger partial charge in [-0.05, 0) is 31.6 Å². The minimum atomic E-state index is -0.247. The van der Waals surface area contributed by atoms with Crippen LogP contribution >= 0.6 is 0 Å². The van der Waals surface area contributed by atoms with Gasteiger partial charge in [-0.2, -0.15) is 0 Å². The molecule has 1 aliphatic heterocycles. The molecule has 3 nitrogen and oxygen atoms in total. The van der Waals surface area contributed by atoms with Gasteiger partial charge >= 0.3 is 0 Å². The Morgan fingerprint density at radius 1 is 1.35 bits per heavy atom. The van der Waals surface area contributed by atoms with Gasteiger partial charge in [0.25, 0.3) is 0 Å². The van der Waals surface area contributed by atoms with Gasteiger partial charge in [0.2, 0.25) is 0 Å². The number of carbonyl (C=O) groups excluding carboxylic acids is 1. The van der Waals surface area contributed by atoms with E-state index in [2.05, 4.69) is 0 Å². The van der Waals surface area contributed by atoms with Crippen molar-refractivity contribution in [3.8, 4) is 0 Å². The van der Waals surface area contributed by atoms with E-state index in [1.54, 1.807) is 13.4 Å². The van der Waals surface area contributed by atoms with Crippen molar-refractivity contribution in [2.75, 3.05) is 13.7 Å². The summed E-state index contributed by atoms with van der Waals surface area (Å²) in [5, 5.41) is 0. The molecule has 0 aromatic carbocycles. The third-order valence-electron chi connectivity index (χ3n) is 3.84. The van der Waals surface area contributed by atoms with E-state index < -0.39 is 0 Å². The van der Waals surface area contributed by atoms with E-state index in [1.807, 2.05) is 0 Å². The van der Waals surface area contributed by atoms with Gasteiger partial charge in [0, 0.05) is 12.7 Å². The Kier molecular flexibility index (Phi) is 4.60. The number of Topliss-reactive ketones (excluding diaryl/α,β-unsaturated/α-hetero) is 1. The molecule has 0 aromatic rings. The van der Waals surface area contributed by atoms with Crippen LogP contribution in [0.4, 0.5) is 0 Å². The van der Waals surface area contributed by atoms with Gasteiger partial charge in [-0.25, -0.2) is 0 Å². The van der Waals surface area contributed by atoms with E-state index in [0.717, 1.165) is 37.9 Å². The Hall–Kier alpha value is -0.830. The second kappa shape index (κ2) is 6.20. The standard InChI is InChI=1S/C14H22O3/c1-16-14(11-6-3-2-4-7-11)13(15)12-8-5-9-17-10-12/h10-11,14H,2-9H2,1H3. The summed E-state index contributed by atoms with van der Waals surface area (Å²) >= 11 is 0. The normalized spacial score (nSPS) is 23.7. The highest BCUT2D eigenvalue weighted by Gasteiger charge is 2.31. The average Bonchev–Trinajstić information content (AvgIpc) is 2.42. The molecule has 2 aliphatic rings. The van der Waals surface area contributed by atoms with Gasteiger partial charge in [-0.15, -0.1) is 0 Å². The first-order valence-electron chi connectivity index (χ1n) is 6.70. The van der Waals surface area contributed by atoms with Crippen molar-refractivity contribution in [2.45, 2.75) is 51.0 Å². The van der Waals surface area contributed by atoms with Crippen LogP contribution < -0.4 is 0 Å². The summed E-state index contributed by atoms with van der Waals surface area (Å²) in [5.74, 6) is 0.558. The molecule has 0 N–H and O–H groups in total. The molecule has 1 unspecified atom stereocenters. The molecular weight excluding hydrogens is 216 g/mol. The molecule has 0 saturated heterocycles. The van der Waals surface area contributed by atoms with Crippen molar-refractivity contribution in [3.63, 3.8) is 0 Å². The van der Waals surface area contributed by atoms with Gasteiger partial charge in [-0.3, -0.25) is 4.79 Å². The van der Waals surface area contributed by atoms with Gasteiger partial charge in [0.05, 0.1) is 12.9 Å². The number of ether oxygens (including phenoxy) is 2. The largest absolute Gasteiger partial charge is 0.501 e. The zero-order valence-corrected chi connectivity index (χ0v) is 10.6. The van der Waals surface area contributed by atoms with Gasteiger partial charge < -0.3 is 9.47 Å². The molecule has 0 amide bonds. The summed E-state index contributed by atoms with van der Waals surface area (Å²) in [6.45, 7) is 0.734. The van der Waals surface area contributed by atoms with Crippen molar-refractivity contribution < 1.29 is 14.3 Å². The Morgan fingerprint density at radius 2 is 2.12 bits per heavy atom. The van der Waals surface area contributed by atoms with Crippen LogP contribution in [0.25, 0.3) is 0 Å². The molecule has 96 valence electrons. The molecule has 0 aromatic heterocycles. The van der Waals surface area contributed by atoms with Crippen molar-refractivity contribution in [2.24, 2.45) is 5.92 Å². The van der Waals surface area contributed by atoms with E-state index >= 15 is 0 Å². The Bertz CT molecular complexity index is 290. The molecular formula is C14H22O3. The Balaban J connectivity index is 2.01. The monoisotopic (exact) mass is 238 g/mol. The topological polar surface area (TPSA) is 35.5 Å². The van der Waals surface area contributed by atoms with E-state index in [9.17, 15) is 4.79 Å². The summed E-state index contributed by atoms with van der Waals surface area (Å²) in [6.07, 6.45) is 9.18. The maximum atomic E-state index is 12.4. The number of ketones is 1. The lowest BCUT2D eigenvalue weighted by Gasteiger charge is -2.29. The summed E-state index contributed by atoms with van der Waals surface area (Å²) in [7, 11) is 1.65. The van der Waals surface area contributed by atoms with Crippen molar-refractivity contribution in [1.82, 2.24) is 0 Å². The molecule has 17 heavy (non-hydrogen) atoms. The predicted molar refractivity (Wildman–Crippen MR) is 65.6 cm³/mol. The average molecular weight is 238 g/mol. The Labute approximate surface area is 103 Å². The maximum Gasteiger partial charge on any atom is 0.190 e. The number of rotatable bonds is 4. The quantitative estimate of drug-likeness (QED) is 0.755. The van der Waals surface area contributed by atoms with Crippen LogP contribution in [0.2, 0.25) is 0 Å². The molecule has 0 radical (unpaired) electrons. The summed E-state index contributed by atoms with van der Waals surface area (Å²) in [6, 6.07) is 0. The highest BCUT2D eigenvalue weighted by atomic mass is 16.5. The van der Waals surface area contributed by atoms with E-state index in [1.165, 1.54) is 19.3 Å². The van der Waals surface area contributed by atoms with Crippen LogP contribution in [0.1, 0.15) is 44.9 Å². The number of carbonyl (C=O) groups is 1. The maximum absolute atomic E-state index is 12.4. The number of methoxy groups -OCH3 is 1. The third kappa shape index (κ3) is 3.09. The first kappa shape index (κ1) is 12.6. The second-order valence-corrected chi connectivity index (χ2v) is 5.04. The van der Waals surface area contributed by atoms with Crippen LogP contribution in [0, 0.1) is 5.92 Å². The van der Waals surface area contributed by atoms with Crippen LogP contribution in [0.3, 0.4) is 0 Å². The van der Waals surface area contributed by atoms with Crippen LogP contribution in [0.15, 0.2) is 11.8 Å². The molecule has 1 aliphatic carbocycles. The molecule has 1 fully saturated rings. The molecule has 3 heteroatoms. The minimum absolute atomic E-state index is 0.152. The number of hydrogen-bond donors (Lipinski definition) is 0. The fourth-order valence-corrected chi connectivity index (χ4v) is 2.88. The lowest BCUT2D eigenvalue weighted by molar-refractivity contribution is -0.129. The summed E-state index contributed by atoms with van der Waals surface area (Å²) in [5.41, 5.74) is 0.814. The molecule has 0 spiro atoms. The number of hydrogen-bond acceptors (Lipinski definition) is 3. The SMILES string of the molecule is COC(C(=O)C1=COCCC1)C1CCCCC1. The molecule has 1 saturated carbocycles. The van der Waals surface area contributed by atoms with E-state index in [0.29, 0.717) is 5.92 Å². The second-order valence-electron chi connectivity index (χ2n) is 5.04. The van der Waals surface area contributed by atoms with Gasteiger partial charge in [0.1, 0.15) is 6.10 Å². The summed E-state index contributed by atoms with van der Waals surface area (Å²) < 4.78 is 10.7. The van der Waals surface area contributed by atoms with Crippen molar-refractivity contribution in [1.29, 1.82) is 0 Å². The predicted octanol–water partition coefficient (Wildman–Crippen LogP) is 2.85. The lowest BCUT2D eigenvalue weighted by atomic mass is 9.82. The highest BCUT2D eigenvalue weighted by Crippen LogP contribution is 2.30.